The lowest BCUT2D eigenvalue weighted by atomic mass is 9.68. The van der Waals surface area contributed by atoms with Gasteiger partial charge in [-0.15, -0.1) is 0 Å². The average molecular weight is 692 g/mol. The van der Waals surface area contributed by atoms with E-state index in [0.717, 1.165) is 14.9 Å². The van der Waals surface area contributed by atoms with Gasteiger partial charge < -0.3 is 20.1 Å². The van der Waals surface area contributed by atoms with E-state index in [1.165, 1.54) is 24.3 Å². The summed E-state index contributed by atoms with van der Waals surface area (Å²) in [6, 6.07) is 19.6. The van der Waals surface area contributed by atoms with Crippen molar-refractivity contribution in [2.75, 3.05) is 18.1 Å². The van der Waals surface area contributed by atoms with Gasteiger partial charge in [0.25, 0.3) is 5.69 Å². The molecule has 0 radical (unpaired) electrons. The van der Waals surface area contributed by atoms with Crippen LogP contribution in [0.25, 0.3) is 6.08 Å². The summed E-state index contributed by atoms with van der Waals surface area (Å²) in [6.07, 6.45) is 2.35. The molecule has 3 aromatic rings. The number of hydrogen-bond donors (Lipinski definition) is 3. The second-order valence-corrected chi connectivity index (χ2v) is 12.4. The Bertz CT molecular complexity index is 1690. The molecule has 0 bridgehead atoms. The lowest BCUT2D eigenvalue weighted by Gasteiger charge is -2.36. The van der Waals surface area contributed by atoms with Gasteiger partial charge in [-0.1, -0.05) is 58.8 Å². The van der Waals surface area contributed by atoms with E-state index < -0.39 is 47.2 Å². The number of carbonyl (C=O) groups is 2. The molecule has 1 aliphatic carbocycles. The largest absolute Gasteiger partial charge is 0.507 e. The topological polar surface area (TPSA) is 150 Å². The first kappa shape index (κ1) is 33.1. The third kappa shape index (κ3) is 6.91. The van der Waals surface area contributed by atoms with Crippen molar-refractivity contribution in [1.82, 2.24) is 0 Å². The second kappa shape index (κ2) is 14.4. The number of amides is 2. The Labute approximate surface area is 274 Å². The van der Waals surface area contributed by atoms with Crippen LogP contribution in [0.4, 0.5) is 11.4 Å². The smallest absolute Gasteiger partial charge is 0.271 e. The Morgan fingerprint density at radius 1 is 1.11 bits per heavy atom. The number of rotatable bonds is 12. The van der Waals surface area contributed by atoms with Gasteiger partial charge in [-0.05, 0) is 73.2 Å². The lowest BCUT2D eigenvalue weighted by molar-refractivity contribution is -0.384. The molecule has 1 saturated heterocycles. The number of aliphatic hydroxyl groups is 2. The van der Waals surface area contributed by atoms with E-state index >= 15 is 0 Å². The Kier molecular flexibility index (Phi) is 10.4. The number of nitrogens with zero attached hydrogens (tertiary/aromatic N) is 2. The van der Waals surface area contributed by atoms with Gasteiger partial charge in [0.05, 0.1) is 35.2 Å². The first-order valence-corrected chi connectivity index (χ1v) is 15.9. The molecule has 5 rings (SSSR count). The number of nitro benzene ring substituents is 1. The van der Waals surface area contributed by atoms with Gasteiger partial charge in [0.2, 0.25) is 11.8 Å². The molecule has 3 aromatic carbocycles. The number of phenolic OH excluding ortho intramolecular Hbond substituents is 1. The number of aliphatic hydroxyl groups excluding tert-OH is 2. The summed E-state index contributed by atoms with van der Waals surface area (Å²) in [5, 5.41) is 44.2. The Balaban J connectivity index is 1.47. The molecular formula is C35H35BrN2O8. The van der Waals surface area contributed by atoms with E-state index in [1.807, 2.05) is 37.3 Å². The van der Waals surface area contributed by atoms with Crippen LogP contribution in [0.3, 0.4) is 0 Å². The maximum atomic E-state index is 13.9. The summed E-state index contributed by atoms with van der Waals surface area (Å²) in [4.78, 5) is 39.4. The van der Waals surface area contributed by atoms with Crippen molar-refractivity contribution in [3.63, 3.8) is 0 Å². The molecule has 0 saturated carbocycles. The number of phenols is 1. The van der Waals surface area contributed by atoms with Crippen LogP contribution in [-0.2, 0) is 9.59 Å². The van der Waals surface area contributed by atoms with Crippen molar-refractivity contribution < 1.29 is 34.6 Å². The minimum absolute atomic E-state index is 0.0385. The Morgan fingerprint density at radius 2 is 1.87 bits per heavy atom. The van der Waals surface area contributed by atoms with Crippen molar-refractivity contribution in [2.45, 2.75) is 38.7 Å². The van der Waals surface area contributed by atoms with Crippen molar-refractivity contribution in [3.05, 3.63) is 110 Å². The van der Waals surface area contributed by atoms with Gasteiger partial charge >= 0.3 is 0 Å². The highest BCUT2D eigenvalue weighted by Crippen LogP contribution is 2.47. The summed E-state index contributed by atoms with van der Waals surface area (Å²) < 4.78 is 6.87. The predicted octanol–water partition coefficient (Wildman–Crippen LogP) is 6.19. The summed E-state index contributed by atoms with van der Waals surface area (Å²) >= 11 is 3.43. The van der Waals surface area contributed by atoms with Crippen LogP contribution in [0.2, 0.25) is 0 Å². The van der Waals surface area contributed by atoms with E-state index in [9.17, 15) is 35.0 Å². The molecule has 0 aromatic heterocycles. The molecule has 1 fully saturated rings. The molecule has 2 amide bonds. The number of imide groups is 1. The van der Waals surface area contributed by atoms with Crippen LogP contribution >= 0.6 is 15.9 Å². The molecule has 0 spiro atoms. The SMILES string of the molecule is CC/C(=C\c1cc(Br)ccc1O)CC[C@@H](O)C1=C(COc2ccccc2)C[C@H]2C(=O)N(c3cccc([N+](=O)[O-])c3)C(=O)[C@H]2[C@H]1CO. The highest BCUT2D eigenvalue weighted by Gasteiger charge is 2.55. The quantitative estimate of drug-likeness (QED) is 0.0881. The predicted molar refractivity (Wildman–Crippen MR) is 176 cm³/mol. The average Bonchev–Trinajstić information content (AvgIpc) is 3.31. The fraction of sp³-hybridized carbons (Fsp3) is 0.314. The van der Waals surface area contributed by atoms with Gasteiger partial charge in [0.15, 0.2) is 0 Å². The minimum atomic E-state index is -1.06. The summed E-state index contributed by atoms with van der Waals surface area (Å²) in [6.45, 7) is 1.53. The number of fused-ring (bicyclic) bond motifs is 1. The zero-order valence-electron chi connectivity index (χ0n) is 25.2. The summed E-state index contributed by atoms with van der Waals surface area (Å²) in [7, 11) is 0. The number of nitro groups is 1. The van der Waals surface area contributed by atoms with Gasteiger partial charge in [0, 0.05) is 28.1 Å². The van der Waals surface area contributed by atoms with Crippen LogP contribution < -0.4 is 9.64 Å². The molecule has 2 aliphatic rings. The number of halogens is 1. The first-order valence-electron chi connectivity index (χ1n) is 15.1. The molecule has 3 N–H and O–H groups in total. The van der Waals surface area contributed by atoms with Crippen molar-refractivity contribution in [2.24, 2.45) is 17.8 Å². The molecule has 0 unspecified atom stereocenters. The van der Waals surface area contributed by atoms with E-state index in [4.69, 9.17) is 4.74 Å². The third-order valence-corrected chi connectivity index (χ3v) is 9.23. The number of anilines is 1. The zero-order valence-corrected chi connectivity index (χ0v) is 26.8. The Hall–Kier alpha value is -4.32. The molecule has 11 heteroatoms. The van der Waals surface area contributed by atoms with Crippen LogP contribution in [0.5, 0.6) is 11.5 Å². The number of aromatic hydroxyl groups is 1. The number of para-hydroxylation sites is 1. The molecular weight excluding hydrogens is 656 g/mol. The van der Waals surface area contributed by atoms with Crippen LogP contribution in [-0.4, -0.2) is 51.4 Å². The number of non-ortho nitro benzene ring substituents is 1. The van der Waals surface area contributed by atoms with E-state index in [2.05, 4.69) is 15.9 Å². The van der Waals surface area contributed by atoms with Gasteiger partial charge in [0.1, 0.15) is 18.1 Å². The molecule has 4 atom stereocenters. The molecule has 1 heterocycles. The fourth-order valence-corrected chi connectivity index (χ4v) is 6.85. The maximum absolute atomic E-state index is 13.9. The lowest BCUT2D eigenvalue weighted by Crippen LogP contribution is -2.40. The number of benzene rings is 3. The standard InChI is InChI=1S/C35H35BrN2O8/c1-2-21(15-22-16-24(36)12-14-30(22)40)11-13-31(41)32-23(20-46-27-9-4-3-5-10-27)17-28-33(29(32)19-39)35(43)37(34(28)42)25-7-6-8-26(18-25)38(44)45/h3-10,12,14-16,18,28-29,31,33,39-41H,2,11,13,17,19-20H2,1H3/b21-15+/t28-,29+,31-,33-/m1/s1. The molecule has 10 nitrogen and oxygen atoms in total. The third-order valence-electron chi connectivity index (χ3n) is 8.74. The van der Waals surface area contributed by atoms with Crippen molar-refractivity contribution >= 4 is 45.2 Å². The summed E-state index contributed by atoms with van der Waals surface area (Å²) in [5.41, 5.74) is 2.56. The van der Waals surface area contributed by atoms with Gasteiger partial charge in [-0.25, -0.2) is 4.90 Å². The highest BCUT2D eigenvalue weighted by molar-refractivity contribution is 9.10. The van der Waals surface area contributed by atoms with Crippen LogP contribution in [0.15, 0.2) is 94.0 Å². The van der Waals surface area contributed by atoms with Gasteiger partial charge in [-0.2, -0.15) is 0 Å². The molecule has 240 valence electrons. The normalized spacial score (nSPS) is 20.6. The highest BCUT2D eigenvalue weighted by atomic mass is 79.9. The monoisotopic (exact) mass is 690 g/mol. The van der Waals surface area contributed by atoms with Gasteiger partial charge in [-0.3, -0.25) is 19.7 Å². The van der Waals surface area contributed by atoms with Crippen molar-refractivity contribution in [3.8, 4) is 11.5 Å². The van der Waals surface area contributed by atoms with Crippen LogP contribution in [0, 0.1) is 27.9 Å². The summed E-state index contributed by atoms with van der Waals surface area (Å²) in [5.74, 6) is -3.02. The molecule has 46 heavy (non-hydrogen) atoms. The van der Waals surface area contributed by atoms with Crippen LogP contribution in [0.1, 0.15) is 38.2 Å². The number of hydrogen-bond acceptors (Lipinski definition) is 8. The Morgan fingerprint density at radius 3 is 2.57 bits per heavy atom. The second-order valence-electron chi connectivity index (χ2n) is 11.5. The molecule has 1 aliphatic heterocycles. The number of ether oxygens (including phenoxy) is 1. The minimum Gasteiger partial charge on any atom is -0.507 e. The first-order chi connectivity index (χ1) is 22.1. The maximum Gasteiger partial charge on any atom is 0.271 e. The van der Waals surface area contributed by atoms with E-state index in [1.54, 1.807) is 24.3 Å². The number of carbonyl (C=O) groups excluding carboxylic acids is 2. The van der Waals surface area contributed by atoms with E-state index in [-0.39, 0.29) is 36.6 Å². The fourth-order valence-electron chi connectivity index (χ4n) is 6.47. The van der Waals surface area contributed by atoms with E-state index in [0.29, 0.717) is 35.3 Å². The number of allylic oxidation sites excluding steroid dienone is 1. The zero-order chi connectivity index (χ0) is 33.0. The van der Waals surface area contributed by atoms with Crippen molar-refractivity contribution in [1.29, 1.82) is 0 Å².